The Hall–Kier alpha value is -3.64. The van der Waals surface area contributed by atoms with Crippen LogP contribution in [0.1, 0.15) is 34.8 Å². The number of aryl methyl sites for hydroxylation is 1. The number of amides is 2. The van der Waals surface area contributed by atoms with Crippen molar-refractivity contribution in [3.63, 3.8) is 0 Å². The summed E-state index contributed by atoms with van der Waals surface area (Å²) in [5, 5.41) is 6.37. The van der Waals surface area contributed by atoms with Gasteiger partial charge in [0.2, 0.25) is 5.91 Å². The summed E-state index contributed by atoms with van der Waals surface area (Å²) < 4.78 is 5.01. The minimum Gasteiger partial charge on any atom is -0.427 e. The molecular weight excluding hydrogens is 428 g/mol. The lowest BCUT2D eigenvalue weighted by molar-refractivity contribution is -0.131. The topological polar surface area (TPSA) is 84.5 Å². The predicted octanol–water partition coefficient (Wildman–Crippen LogP) is 4.77. The first-order valence-corrected chi connectivity index (χ1v) is 10.5. The number of anilines is 1. The summed E-state index contributed by atoms with van der Waals surface area (Å²) in [7, 11) is 0. The summed E-state index contributed by atoms with van der Waals surface area (Å²) >= 11 is 5.88. The number of rotatable bonds is 8. The van der Waals surface area contributed by atoms with Crippen molar-refractivity contribution in [3.8, 4) is 5.75 Å². The van der Waals surface area contributed by atoms with E-state index in [0.29, 0.717) is 34.9 Å². The Morgan fingerprint density at radius 2 is 1.66 bits per heavy atom. The Morgan fingerprint density at radius 1 is 0.906 bits per heavy atom. The molecule has 0 spiro atoms. The highest BCUT2D eigenvalue weighted by Gasteiger charge is 2.09. The number of carbonyl (C=O) groups is 3. The summed E-state index contributed by atoms with van der Waals surface area (Å²) in [6.07, 6.45) is 0.965. The van der Waals surface area contributed by atoms with Gasteiger partial charge in [-0.3, -0.25) is 14.4 Å². The summed E-state index contributed by atoms with van der Waals surface area (Å²) in [6.45, 7) is 1.58. The number of esters is 1. The molecule has 3 aromatic carbocycles. The average molecular weight is 451 g/mol. The SMILES string of the molecule is CC(=O)Oc1cccc(C(=O)NCc2cccc(NC(=O)CCc3ccc(Cl)cc3)c2)c1. The summed E-state index contributed by atoms with van der Waals surface area (Å²) in [5.41, 5.74) is 2.92. The second-order valence-electron chi connectivity index (χ2n) is 7.18. The van der Waals surface area contributed by atoms with Gasteiger partial charge in [0.1, 0.15) is 5.75 Å². The molecule has 2 N–H and O–H groups in total. The second kappa shape index (κ2) is 11.1. The summed E-state index contributed by atoms with van der Waals surface area (Å²) in [4.78, 5) is 35.8. The molecule has 7 heteroatoms. The lowest BCUT2D eigenvalue weighted by Crippen LogP contribution is -2.23. The fraction of sp³-hybridized carbons (Fsp3) is 0.160. The van der Waals surface area contributed by atoms with E-state index >= 15 is 0 Å². The number of hydrogen-bond donors (Lipinski definition) is 2. The van der Waals surface area contributed by atoms with Gasteiger partial charge in [0.15, 0.2) is 0 Å². The van der Waals surface area contributed by atoms with E-state index in [4.69, 9.17) is 16.3 Å². The van der Waals surface area contributed by atoms with Crippen molar-refractivity contribution in [2.24, 2.45) is 0 Å². The van der Waals surface area contributed by atoms with Crippen LogP contribution in [0.3, 0.4) is 0 Å². The molecule has 0 aliphatic carbocycles. The third-order valence-electron chi connectivity index (χ3n) is 4.58. The molecule has 0 bridgehead atoms. The number of benzene rings is 3. The van der Waals surface area contributed by atoms with E-state index in [0.717, 1.165) is 11.1 Å². The third-order valence-corrected chi connectivity index (χ3v) is 4.83. The van der Waals surface area contributed by atoms with E-state index in [1.54, 1.807) is 36.4 Å². The number of halogens is 1. The molecule has 6 nitrogen and oxygen atoms in total. The Kier molecular flexibility index (Phi) is 8.00. The molecule has 0 saturated carbocycles. The summed E-state index contributed by atoms with van der Waals surface area (Å²) in [6, 6.07) is 21.1. The van der Waals surface area contributed by atoms with Gasteiger partial charge in [-0.1, -0.05) is 41.9 Å². The van der Waals surface area contributed by atoms with Crippen molar-refractivity contribution >= 4 is 35.1 Å². The van der Waals surface area contributed by atoms with Crippen LogP contribution in [0.5, 0.6) is 5.75 Å². The molecule has 2 amide bonds. The van der Waals surface area contributed by atoms with Crippen LogP contribution in [0.4, 0.5) is 5.69 Å². The van der Waals surface area contributed by atoms with Gasteiger partial charge in [0.25, 0.3) is 5.91 Å². The minimum atomic E-state index is -0.449. The van der Waals surface area contributed by atoms with Crippen LogP contribution >= 0.6 is 11.6 Å². The van der Waals surface area contributed by atoms with Crippen molar-refractivity contribution in [1.82, 2.24) is 5.32 Å². The lowest BCUT2D eigenvalue weighted by atomic mass is 10.1. The molecule has 32 heavy (non-hydrogen) atoms. The molecule has 0 atom stereocenters. The summed E-state index contributed by atoms with van der Waals surface area (Å²) in [5.74, 6) is -0.525. The Bertz CT molecular complexity index is 1110. The molecule has 3 rings (SSSR count). The molecule has 0 aliphatic rings. The Labute approximate surface area is 191 Å². The first-order chi connectivity index (χ1) is 15.4. The monoisotopic (exact) mass is 450 g/mol. The molecular formula is C25H23ClN2O4. The van der Waals surface area contributed by atoms with Gasteiger partial charge in [0, 0.05) is 36.2 Å². The zero-order valence-electron chi connectivity index (χ0n) is 17.6. The van der Waals surface area contributed by atoms with Gasteiger partial charge in [-0.05, 0) is 60.0 Å². The van der Waals surface area contributed by atoms with Crippen molar-refractivity contribution in [2.45, 2.75) is 26.3 Å². The van der Waals surface area contributed by atoms with Crippen LogP contribution < -0.4 is 15.4 Å². The largest absolute Gasteiger partial charge is 0.427 e. The fourth-order valence-electron chi connectivity index (χ4n) is 3.04. The molecule has 0 saturated heterocycles. The lowest BCUT2D eigenvalue weighted by Gasteiger charge is -2.10. The van der Waals surface area contributed by atoms with Gasteiger partial charge in [-0.2, -0.15) is 0 Å². The van der Waals surface area contributed by atoms with Gasteiger partial charge in [-0.15, -0.1) is 0 Å². The Balaban J connectivity index is 1.52. The van der Waals surface area contributed by atoms with E-state index in [-0.39, 0.29) is 18.4 Å². The average Bonchev–Trinajstić information content (AvgIpc) is 2.77. The molecule has 0 heterocycles. The number of nitrogens with one attached hydrogen (secondary N) is 2. The molecule has 3 aromatic rings. The molecule has 0 unspecified atom stereocenters. The molecule has 0 fully saturated rings. The number of carbonyl (C=O) groups excluding carboxylic acids is 3. The highest BCUT2D eigenvalue weighted by atomic mass is 35.5. The van der Waals surface area contributed by atoms with Gasteiger partial charge >= 0.3 is 5.97 Å². The quantitative estimate of drug-likeness (QED) is 0.382. The highest BCUT2D eigenvalue weighted by Crippen LogP contribution is 2.15. The minimum absolute atomic E-state index is 0.0941. The maximum atomic E-state index is 12.4. The predicted molar refractivity (Wildman–Crippen MR) is 124 cm³/mol. The molecule has 0 aromatic heterocycles. The van der Waals surface area contributed by atoms with Gasteiger partial charge in [-0.25, -0.2) is 0 Å². The molecule has 164 valence electrons. The van der Waals surface area contributed by atoms with Crippen LogP contribution in [0.25, 0.3) is 0 Å². The number of hydrogen-bond acceptors (Lipinski definition) is 4. The maximum absolute atomic E-state index is 12.4. The van der Waals surface area contributed by atoms with E-state index < -0.39 is 5.97 Å². The van der Waals surface area contributed by atoms with Crippen LogP contribution in [0.15, 0.2) is 72.8 Å². The highest BCUT2D eigenvalue weighted by molar-refractivity contribution is 6.30. The molecule has 0 aliphatic heterocycles. The van der Waals surface area contributed by atoms with E-state index in [9.17, 15) is 14.4 Å². The van der Waals surface area contributed by atoms with Crippen molar-refractivity contribution in [1.29, 1.82) is 0 Å². The normalized spacial score (nSPS) is 10.3. The first kappa shape index (κ1) is 23.0. The second-order valence-corrected chi connectivity index (χ2v) is 7.62. The smallest absolute Gasteiger partial charge is 0.308 e. The molecule has 0 radical (unpaired) electrons. The van der Waals surface area contributed by atoms with Crippen LogP contribution in [-0.2, 0) is 22.6 Å². The van der Waals surface area contributed by atoms with Crippen molar-refractivity contribution in [3.05, 3.63) is 94.5 Å². The standard InChI is InChI=1S/C25H23ClN2O4/c1-17(29)32-23-7-3-5-20(15-23)25(31)27-16-19-4-2-6-22(14-19)28-24(30)13-10-18-8-11-21(26)12-9-18/h2-9,11-12,14-15H,10,13,16H2,1H3,(H,27,31)(H,28,30). The van der Waals surface area contributed by atoms with E-state index in [1.807, 2.05) is 30.3 Å². The van der Waals surface area contributed by atoms with Crippen LogP contribution in [0, 0.1) is 0 Å². The van der Waals surface area contributed by atoms with E-state index in [2.05, 4.69) is 10.6 Å². The van der Waals surface area contributed by atoms with Crippen molar-refractivity contribution < 1.29 is 19.1 Å². The third kappa shape index (κ3) is 7.25. The van der Waals surface area contributed by atoms with Gasteiger partial charge < -0.3 is 15.4 Å². The zero-order chi connectivity index (χ0) is 22.9. The van der Waals surface area contributed by atoms with Crippen molar-refractivity contribution in [2.75, 3.05) is 5.32 Å². The van der Waals surface area contributed by atoms with Crippen LogP contribution in [-0.4, -0.2) is 17.8 Å². The number of ether oxygens (including phenoxy) is 1. The van der Waals surface area contributed by atoms with Crippen LogP contribution in [0.2, 0.25) is 5.02 Å². The van der Waals surface area contributed by atoms with E-state index in [1.165, 1.54) is 13.0 Å². The van der Waals surface area contributed by atoms with Gasteiger partial charge in [0.05, 0.1) is 0 Å². The zero-order valence-corrected chi connectivity index (χ0v) is 18.3. The fourth-order valence-corrected chi connectivity index (χ4v) is 3.17. The first-order valence-electron chi connectivity index (χ1n) is 10.1. The maximum Gasteiger partial charge on any atom is 0.308 e. The Morgan fingerprint density at radius 3 is 2.41 bits per heavy atom.